The third-order valence-electron chi connectivity index (χ3n) is 4.47. The smallest absolute Gasteiger partial charge is 0.325 e. The van der Waals surface area contributed by atoms with E-state index in [-0.39, 0.29) is 36.6 Å². The molecule has 2 amide bonds. The highest BCUT2D eigenvalue weighted by molar-refractivity contribution is 5.96. The van der Waals surface area contributed by atoms with Gasteiger partial charge in [0.2, 0.25) is 11.8 Å². The van der Waals surface area contributed by atoms with Crippen LogP contribution in [0.25, 0.3) is 0 Å². The van der Waals surface area contributed by atoms with Crippen LogP contribution in [0, 0.1) is 5.92 Å². The van der Waals surface area contributed by atoms with Crippen molar-refractivity contribution in [3.05, 3.63) is 48.2 Å². The molecular weight excluding hydrogens is 336 g/mol. The van der Waals surface area contributed by atoms with Crippen molar-refractivity contribution >= 4 is 23.6 Å². The quantitative estimate of drug-likeness (QED) is 0.816. The van der Waals surface area contributed by atoms with Gasteiger partial charge in [-0.15, -0.1) is 0 Å². The van der Waals surface area contributed by atoms with E-state index in [1.54, 1.807) is 4.90 Å². The Kier molecular flexibility index (Phi) is 5.01. The maximum absolute atomic E-state index is 12.4. The summed E-state index contributed by atoms with van der Waals surface area (Å²) in [6.45, 7) is 2.01. The number of anilines is 1. The Hall–Kier alpha value is -3.16. The molecule has 8 nitrogen and oxygen atoms in total. The van der Waals surface area contributed by atoms with Gasteiger partial charge in [0.05, 0.1) is 12.0 Å². The van der Waals surface area contributed by atoms with Crippen molar-refractivity contribution in [1.82, 2.24) is 14.7 Å². The largest absolute Gasteiger partial charge is 0.480 e. The number of carbonyl (C=O) groups is 3. The number of rotatable bonds is 6. The Morgan fingerprint density at radius 1 is 1.31 bits per heavy atom. The average molecular weight is 356 g/mol. The molecule has 2 heterocycles. The van der Waals surface area contributed by atoms with Gasteiger partial charge in [0.15, 0.2) is 5.82 Å². The number of amides is 2. The van der Waals surface area contributed by atoms with Crippen LogP contribution < -0.4 is 5.32 Å². The molecular formula is C18H20N4O4. The van der Waals surface area contributed by atoms with Gasteiger partial charge < -0.3 is 15.3 Å². The first kappa shape index (κ1) is 17.7. The Morgan fingerprint density at radius 2 is 2.04 bits per heavy atom. The van der Waals surface area contributed by atoms with E-state index in [4.69, 9.17) is 5.11 Å². The summed E-state index contributed by atoms with van der Waals surface area (Å²) in [7, 11) is 0. The molecule has 0 saturated carbocycles. The molecule has 1 fully saturated rings. The first-order valence-corrected chi connectivity index (χ1v) is 8.34. The third-order valence-corrected chi connectivity index (χ3v) is 4.47. The molecule has 0 aliphatic carbocycles. The Labute approximate surface area is 150 Å². The highest BCUT2D eigenvalue weighted by atomic mass is 16.4. The lowest BCUT2D eigenvalue weighted by Crippen LogP contribution is -2.30. The van der Waals surface area contributed by atoms with Gasteiger partial charge in [0, 0.05) is 25.2 Å². The number of carbonyl (C=O) groups excluding carboxylic acids is 2. The van der Waals surface area contributed by atoms with E-state index in [0.717, 1.165) is 5.56 Å². The monoisotopic (exact) mass is 356 g/mol. The fourth-order valence-electron chi connectivity index (χ4n) is 3.08. The summed E-state index contributed by atoms with van der Waals surface area (Å²) in [5.74, 6) is -1.55. The predicted octanol–water partition coefficient (Wildman–Crippen LogP) is 1.52. The minimum Gasteiger partial charge on any atom is -0.480 e. The molecule has 2 N–H and O–H groups in total. The van der Waals surface area contributed by atoms with E-state index in [1.807, 2.05) is 37.3 Å². The molecule has 136 valence electrons. The second-order valence-electron chi connectivity index (χ2n) is 6.32. The standard InChI is InChI=1S/C18H20N4O4/c1-12(13-5-3-2-4-6-13)22-10-14(9-16(22)23)18(26)19-15-7-8-21(20-15)11-17(24)25/h2-8,12,14H,9-11H2,1H3,(H,24,25)(H,19,20,26)/t12-,14+/m1/s1. The second-order valence-corrected chi connectivity index (χ2v) is 6.32. The highest BCUT2D eigenvalue weighted by Gasteiger charge is 2.37. The summed E-state index contributed by atoms with van der Waals surface area (Å²) in [4.78, 5) is 37.2. The van der Waals surface area contributed by atoms with Gasteiger partial charge in [-0.2, -0.15) is 5.10 Å². The summed E-state index contributed by atoms with van der Waals surface area (Å²) < 4.78 is 1.22. The number of nitrogens with one attached hydrogen (secondary N) is 1. The summed E-state index contributed by atoms with van der Waals surface area (Å²) in [6, 6.07) is 11.1. The molecule has 8 heteroatoms. The second kappa shape index (κ2) is 7.38. The number of hydrogen-bond acceptors (Lipinski definition) is 4. The zero-order valence-corrected chi connectivity index (χ0v) is 14.3. The van der Waals surface area contributed by atoms with E-state index in [2.05, 4.69) is 10.4 Å². The van der Waals surface area contributed by atoms with Crippen LogP contribution in [0.2, 0.25) is 0 Å². The van der Waals surface area contributed by atoms with E-state index < -0.39 is 11.9 Å². The molecule has 3 rings (SSSR count). The highest BCUT2D eigenvalue weighted by Crippen LogP contribution is 2.28. The normalized spacial score (nSPS) is 18.0. The van der Waals surface area contributed by atoms with Crippen molar-refractivity contribution in [2.24, 2.45) is 5.92 Å². The molecule has 1 aliphatic rings. The van der Waals surface area contributed by atoms with E-state index in [0.29, 0.717) is 6.54 Å². The van der Waals surface area contributed by atoms with Gasteiger partial charge in [-0.05, 0) is 12.5 Å². The average Bonchev–Trinajstić information content (AvgIpc) is 3.21. The van der Waals surface area contributed by atoms with Crippen molar-refractivity contribution in [1.29, 1.82) is 0 Å². The van der Waals surface area contributed by atoms with Crippen LogP contribution in [0.1, 0.15) is 24.9 Å². The van der Waals surface area contributed by atoms with Crippen LogP contribution >= 0.6 is 0 Å². The van der Waals surface area contributed by atoms with Crippen LogP contribution in [0.3, 0.4) is 0 Å². The predicted molar refractivity (Wildman–Crippen MR) is 93.2 cm³/mol. The van der Waals surface area contributed by atoms with Crippen LogP contribution in [0.4, 0.5) is 5.82 Å². The minimum atomic E-state index is -1.02. The lowest BCUT2D eigenvalue weighted by Gasteiger charge is -2.25. The van der Waals surface area contributed by atoms with Gasteiger partial charge in [0.25, 0.3) is 0 Å². The van der Waals surface area contributed by atoms with Gasteiger partial charge >= 0.3 is 5.97 Å². The summed E-state index contributed by atoms with van der Waals surface area (Å²) in [6.07, 6.45) is 1.63. The fraction of sp³-hybridized carbons (Fsp3) is 0.333. The first-order valence-electron chi connectivity index (χ1n) is 8.34. The number of carboxylic acids is 1. The van der Waals surface area contributed by atoms with Crippen LogP contribution in [-0.4, -0.2) is 44.1 Å². The summed E-state index contributed by atoms with van der Waals surface area (Å²) in [5, 5.41) is 15.4. The molecule has 2 atom stereocenters. The maximum atomic E-state index is 12.4. The zero-order chi connectivity index (χ0) is 18.7. The van der Waals surface area contributed by atoms with Crippen molar-refractivity contribution in [3.63, 3.8) is 0 Å². The number of carboxylic acid groups (broad SMARTS) is 1. The lowest BCUT2D eigenvalue weighted by atomic mass is 10.1. The third kappa shape index (κ3) is 3.90. The molecule has 1 aliphatic heterocycles. The molecule has 0 unspecified atom stereocenters. The molecule has 2 aromatic rings. The molecule has 1 aromatic heterocycles. The van der Waals surface area contributed by atoms with Crippen molar-refractivity contribution in [2.45, 2.75) is 25.9 Å². The van der Waals surface area contributed by atoms with Gasteiger partial charge in [-0.3, -0.25) is 19.1 Å². The van der Waals surface area contributed by atoms with Crippen molar-refractivity contribution < 1.29 is 19.5 Å². The van der Waals surface area contributed by atoms with Crippen LogP contribution in [-0.2, 0) is 20.9 Å². The SMILES string of the molecule is C[C@H](c1ccccc1)N1C[C@@H](C(=O)Nc2ccn(CC(=O)O)n2)CC1=O. The van der Waals surface area contributed by atoms with E-state index >= 15 is 0 Å². The van der Waals surface area contributed by atoms with Gasteiger partial charge in [0.1, 0.15) is 6.54 Å². The molecule has 26 heavy (non-hydrogen) atoms. The molecule has 0 radical (unpaired) electrons. The van der Waals surface area contributed by atoms with Gasteiger partial charge in [-0.25, -0.2) is 0 Å². The maximum Gasteiger partial charge on any atom is 0.325 e. The summed E-state index contributed by atoms with van der Waals surface area (Å²) in [5.41, 5.74) is 1.02. The first-order chi connectivity index (χ1) is 12.4. The lowest BCUT2D eigenvalue weighted by molar-refractivity contribution is -0.138. The number of hydrogen-bond donors (Lipinski definition) is 2. The van der Waals surface area contributed by atoms with Crippen molar-refractivity contribution in [2.75, 3.05) is 11.9 Å². The minimum absolute atomic E-state index is 0.0575. The van der Waals surface area contributed by atoms with Gasteiger partial charge in [-0.1, -0.05) is 30.3 Å². The van der Waals surface area contributed by atoms with Crippen LogP contribution in [0.15, 0.2) is 42.6 Å². The Morgan fingerprint density at radius 3 is 2.73 bits per heavy atom. The number of benzene rings is 1. The molecule has 1 saturated heterocycles. The summed E-state index contributed by atoms with van der Waals surface area (Å²) >= 11 is 0. The zero-order valence-electron chi connectivity index (χ0n) is 14.3. The number of nitrogens with zero attached hydrogens (tertiary/aromatic N) is 3. The fourth-order valence-corrected chi connectivity index (χ4v) is 3.08. The van der Waals surface area contributed by atoms with E-state index in [1.165, 1.54) is 16.9 Å². The number of likely N-dealkylation sites (tertiary alicyclic amines) is 1. The van der Waals surface area contributed by atoms with Crippen LogP contribution in [0.5, 0.6) is 0 Å². The van der Waals surface area contributed by atoms with E-state index in [9.17, 15) is 14.4 Å². The number of aliphatic carboxylic acids is 1. The molecule has 0 spiro atoms. The Bertz CT molecular complexity index is 818. The number of aromatic nitrogens is 2. The molecule has 1 aromatic carbocycles. The topological polar surface area (TPSA) is 105 Å². The Balaban J connectivity index is 1.62. The molecule has 0 bridgehead atoms. The van der Waals surface area contributed by atoms with Crippen molar-refractivity contribution in [3.8, 4) is 0 Å².